The SMILES string of the molecule is C[C@H](CO)N1C[C@H](C)[C@H](CN(C)Cc2ccc(C(F)(F)F)cc2)Oc2c(NC(=O)Nc3ccc(F)cc3)cccc2C1=O. The highest BCUT2D eigenvalue weighted by molar-refractivity contribution is 6.04. The maximum atomic E-state index is 13.6. The maximum absolute atomic E-state index is 13.6. The van der Waals surface area contributed by atoms with E-state index in [2.05, 4.69) is 10.6 Å². The van der Waals surface area contributed by atoms with Gasteiger partial charge in [0.05, 0.1) is 29.5 Å². The Labute approximate surface area is 247 Å². The molecule has 3 aromatic rings. The highest BCUT2D eigenvalue weighted by Crippen LogP contribution is 2.35. The summed E-state index contributed by atoms with van der Waals surface area (Å²) in [6.45, 7) is 4.34. The average molecular weight is 603 g/mol. The van der Waals surface area contributed by atoms with E-state index in [1.165, 1.54) is 36.4 Å². The number of rotatable bonds is 8. The summed E-state index contributed by atoms with van der Waals surface area (Å²) in [5.74, 6) is -0.909. The van der Waals surface area contributed by atoms with E-state index in [4.69, 9.17) is 4.74 Å². The number of carbonyl (C=O) groups excluding carboxylic acids is 2. The van der Waals surface area contributed by atoms with Gasteiger partial charge in [0.15, 0.2) is 5.75 Å². The summed E-state index contributed by atoms with van der Waals surface area (Å²) in [6.07, 6.45) is -4.93. The summed E-state index contributed by atoms with van der Waals surface area (Å²) >= 11 is 0. The molecule has 3 atom stereocenters. The molecule has 0 bridgehead atoms. The van der Waals surface area contributed by atoms with Crippen LogP contribution in [0.25, 0.3) is 0 Å². The lowest BCUT2D eigenvalue weighted by Gasteiger charge is -2.38. The molecule has 0 aromatic heterocycles. The van der Waals surface area contributed by atoms with E-state index in [1.54, 1.807) is 30.0 Å². The van der Waals surface area contributed by atoms with Crippen LogP contribution < -0.4 is 15.4 Å². The molecule has 3 N–H and O–H groups in total. The molecule has 1 heterocycles. The zero-order valence-corrected chi connectivity index (χ0v) is 24.0. The Kier molecular flexibility index (Phi) is 9.92. The number of nitrogens with one attached hydrogen (secondary N) is 2. The molecule has 230 valence electrons. The highest BCUT2D eigenvalue weighted by atomic mass is 19.4. The largest absolute Gasteiger partial charge is 0.486 e. The number of anilines is 2. The molecular weight excluding hydrogens is 568 g/mol. The van der Waals surface area contributed by atoms with E-state index in [0.29, 0.717) is 24.3 Å². The van der Waals surface area contributed by atoms with Gasteiger partial charge in [-0.15, -0.1) is 0 Å². The summed E-state index contributed by atoms with van der Waals surface area (Å²) in [5, 5.41) is 15.2. The van der Waals surface area contributed by atoms with Gasteiger partial charge in [-0.1, -0.05) is 25.1 Å². The molecule has 0 saturated heterocycles. The molecule has 3 amide bonds. The Balaban J connectivity index is 1.59. The molecule has 3 aromatic carbocycles. The van der Waals surface area contributed by atoms with Gasteiger partial charge < -0.3 is 25.4 Å². The van der Waals surface area contributed by atoms with E-state index in [9.17, 15) is 32.3 Å². The lowest BCUT2D eigenvalue weighted by atomic mass is 9.98. The monoisotopic (exact) mass is 602 g/mol. The lowest BCUT2D eigenvalue weighted by molar-refractivity contribution is -0.137. The first-order chi connectivity index (χ1) is 20.3. The molecule has 12 heteroatoms. The van der Waals surface area contributed by atoms with Crippen molar-refractivity contribution in [3.05, 3.63) is 89.2 Å². The number of aliphatic hydroxyl groups excluding tert-OH is 1. The van der Waals surface area contributed by atoms with Gasteiger partial charge in [0.2, 0.25) is 0 Å². The normalized spacial score (nSPS) is 17.9. The fourth-order valence-electron chi connectivity index (χ4n) is 4.86. The van der Waals surface area contributed by atoms with Crippen molar-refractivity contribution in [2.24, 2.45) is 5.92 Å². The first-order valence-electron chi connectivity index (χ1n) is 13.8. The van der Waals surface area contributed by atoms with E-state index < -0.39 is 35.7 Å². The smallest absolute Gasteiger partial charge is 0.416 e. The van der Waals surface area contributed by atoms with Crippen molar-refractivity contribution in [3.8, 4) is 5.75 Å². The first kappa shape index (κ1) is 31.8. The lowest BCUT2D eigenvalue weighted by Crippen LogP contribution is -2.49. The molecule has 0 fully saturated rings. The second-order valence-corrected chi connectivity index (χ2v) is 10.8. The van der Waals surface area contributed by atoms with E-state index in [1.807, 2.05) is 18.9 Å². The zero-order chi connectivity index (χ0) is 31.3. The topological polar surface area (TPSA) is 94.1 Å². The molecule has 8 nitrogen and oxygen atoms in total. The van der Waals surface area contributed by atoms with Gasteiger partial charge in [0.1, 0.15) is 11.9 Å². The minimum atomic E-state index is -4.42. The standard InChI is InChI=1S/C31H34F4N4O4/c1-19-15-39(20(2)18-40)29(41)25-5-4-6-26(37-30(42)36-24-13-11-23(32)12-14-24)28(25)43-27(19)17-38(3)16-21-7-9-22(10-8-21)31(33,34)35/h4-14,19-20,27,40H,15-18H2,1-3H3,(H2,36,37,42)/t19-,20+,27-/m0/s1. The van der Waals surface area contributed by atoms with Crippen LogP contribution in [-0.4, -0.2) is 65.7 Å². The van der Waals surface area contributed by atoms with Crippen molar-refractivity contribution in [3.63, 3.8) is 0 Å². The zero-order valence-electron chi connectivity index (χ0n) is 24.0. The van der Waals surface area contributed by atoms with Crippen molar-refractivity contribution in [2.75, 3.05) is 37.4 Å². The molecule has 4 rings (SSSR count). The quantitative estimate of drug-likeness (QED) is 0.282. The summed E-state index contributed by atoms with van der Waals surface area (Å²) in [7, 11) is 1.81. The number of aliphatic hydroxyl groups is 1. The van der Waals surface area contributed by atoms with Gasteiger partial charge in [-0.05, 0) is 68.1 Å². The van der Waals surface area contributed by atoms with Crippen molar-refractivity contribution >= 4 is 23.3 Å². The minimum Gasteiger partial charge on any atom is -0.486 e. The number of alkyl halides is 3. The van der Waals surface area contributed by atoms with Crippen LogP contribution in [0.5, 0.6) is 5.75 Å². The van der Waals surface area contributed by atoms with Crippen molar-refractivity contribution in [2.45, 2.75) is 38.7 Å². The van der Waals surface area contributed by atoms with E-state index in [0.717, 1.165) is 12.1 Å². The van der Waals surface area contributed by atoms with Crippen LogP contribution in [0.4, 0.5) is 33.7 Å². The number of benzene rings is 3. The van der Waals surface area contributed by atoms with E-state index in [-0.39, 0.29) is 42.0 Å². The van der Waals surface area contributed by atoms with Crippen LogP contribution in [0.15, 0.2) is 66.7 Å². The number of likely N-dealkylation sites (N-methyl/N-ethyl adjacent to an activating group) is 1. The summed E-state index contributed by atoms with van der Waals surface area (Å²) in [6, 6.07) is 13.8. The summed E-state index contributed by atoms with van der Waals surface area (Å²) in [5.41, 5.74) is 0.737. The average Bonchev–Trinajstić information content (AvgIpc) is 2.95. The van der Waals surface area contributed by atoms with Crippen LogP contribution in [0, 0.1) is 11.7 Å². The highest BCUT2D eigenvalue weighted by Gasteiger charge is 2.35. The van der Waals surface area contributed by atoms with Gasteiger partial charge >= 0.3 is 12.2 Å². The number of amides is 3. The van der Waals surface area contributed by atoms with Gasteiger partial charge in [-0.2, -0.15) is 13.2 Å². The van der Waals surface area contributed by atoms with Crippen LogP contribution in [0.1, 0.15) is 35.3 Å². The van der Waals surface area contributed by atoms with Crippen molar-refractivity contribution in [1.29, 1.82) is 0 Å². The molecule has 0 saturated carbocycles. The van der Waals surface area contributed by atoms with Crippen LogP contribution in [0.3, 0.4) is 0 Å². The second-order valence-electron chi connectivity index (χ2n) is 10.8. The number of carbonyl (C=O) groups is 2. The summed E-state index contributed by atoms with van der Waals surface area (Å²) in [4.78, 5) is 30.0. The van der Waals surface area contributed by atoms with Gasteiger partial charge in [-0.3, -0.25) is 9.69 Å². The molecule has 1 aliphatic rings. The first-order valence-corrected chi connectivity index (χ1v) is 13.8. The molecule has 0 unspecified atom stereocenters. The van der Waals surface area contributed by atoms with Crippen molar-refractivity contribution < 1.29 is 37.0 Å². The number of halogens is 4. The Morgan fingerprint density at radius 2 is 1.77 bits per heavy atom. The third kappa shape index (κ3) is 8.02. The third-order valence-electron chi connectivity index (χ3n) is 7.27. The number of ether oxygens (including phenoxy) is 1. The number of hydrogen-bond acceptors (Lipinski definition) is 5. The summed E-state index contributed by atoms with van der Waals surface area (Å²) < 4.78 is 58.7. The van der Waals surface area contributed by atoms with Gasteiger partial charge in [-0.25, -0.2) is 9.18 Å². The number of hydrogen-bond donors (Lipinski definition) is 3. The Bertz CT molecular complexity index is 1420. The fraction of sp³-hybridized carbons (Fsp3) is 0.355. The molecule has 0 spiro atoms. The maximum Gasteiger partial charge on any atom is 0.416 e. The molecular formula is C31H34F4N4O4. The predicted octanol–water partition coefficient (Wildman–Crippen LogP) is 5.84. The Morgan fingerprint density at radius 3 is 2.40 bits per heavy atom. The second kappa shape index (κ2) is 13.4. The number of fused-ring (bicyclic) bond motifs is 1. The predicted molar refractivity (Wildman–Crippen MR) is 154 cm³/mol. The van der Waals surface area contributed by atoms with Gasteiger partial charge in [0, 0.05) is 31.2 Å². The van der Waals surface area contributed by atoms with Crippen LogP contribution >= 0.6 is 0 Å². The molecule has 0 aliphatic carbocycles. The van der Waals surface area contributed by atoms with E-state index >= 15 is 0 Å². The minimum absolute atomic E-state index is 0.149. The van der Waals surface area contributed by atoms with Crippen LogP contribution in [-0.2, 0) is 12.7 Å². The molecule has 1 aliphatic heterocycles. The number of nitrogens with zero attached hydrogens (tertiary/aromatic N) is 2. The Hall–Kier alpha value is -4.16. The molecule has 43 heavy (non-hydrogen) atoms. The fourth-order valence-corrected chi connectivity index (χ4v) is 4.86. The number of para-hydroxylation sites is 1. The third-order valence-corrected chi connectivity index (χ3v) is 7.27. The van der Waals surface area contributed by atoms with Gasteiger partial charge in [0.25, 0.3) is 5.91 Å². The van der Waals surface area contributed by atoms with Crippen LogP contribution in [0.2, 0.25) is 0 Å². The molecule has 0 radical (unpaired) electrons. The van der Waals surface area contributed by atoms with Crippen molar-refractivity contribution in [1.82, 2.24) is 9.80 Å². The number of urea groups is 1. The Morgan fingerprint density at radius 1 is 1.09 bits per heavy atom.